The predicted octanol–water partition coefficient (Wildman–Crippen LogP) is 1.36. The van der Waals surface area contributed by atoms with Gasteiger partial charge in [0.25, 0.3) is 5.91 Å². The Balaban J connectivity index is 1.95. The van der Waals surface area contributed by atoms with Gasteiger partial charge in [0.05, 0.1) is 4.88 Å². The molecule has 0 radical (unpaired) electrons. The summed E-state index contributed by atoms with van der Waals surface area (Å²) in [5.41, 5.74) is 6.47. The molecule has 3 rings (SSSR count). The Bertz CT molecular complexity index is 728. The first-order chi connectivity index (χ1) is 10.6. The fraction of sp³-hybridized carbons (Fsp3) is 0.400. The maximum Gasteiger partial charge on any atom is 0.259 e. The molecule has 1 saturated heterocycles. The van der Waals surface area contributed by atoms with Gasteiger partial charge in [-0.2, -0.15) is 0 Å². The largest absolute Gasteiger partial charge is 0.375 e. The van der Waals surface area contributed by atoms with E-state index in [1.165, 1.54) is 18.4 Å². The molecule has 7 heteroatoms. The van der Waals surface area contributed by atoms with Gasteiger partial charge in [-0.15, -0.1) is 11.3 Å². The van der Waals surface area contributed by atoms with E-state index in [9.17, 15) is 9.59 Å². The third-order valence-corrected chi connectivity index (χ3v) is 5.09. The summed E-state index contributed by atoms with van der Waals surface area (Å²) < 4.78 is 4.90. The van der Waals surface area contributed by atoms with Gasteiger partial charge < -0.3 is 15.4 Å². The molecule has 116 valence electrons. The maximum atomic E-state index is 11.9. The van der Waals surface area contributed by atoms with Crippen LogP contribution >= 0.6 is 11.3 Å². The maximum absolute atomic E-state index is 11.9. The Kier molecular flexibility index (Phi) is 4.08. The summed E-state index contributed by atoms with van der Waals surface area (Å²) in [5, 5.41) is 0.965. The summed E-state index contributed by atoms with van der Waals surface area (Å²) in [6.07, 6.45) is 2.52. The van der Waals surface area contributed by atoms with Gasteiger partial charge in [-0.25, -0.2) is 4.98 Å². The molecule has 2 amide bonds. The summed E-state index contributed by atoms with van der Waals surface area (Å²) in [6, 6.07) is 3.81. The Hall–Kier alpha value is -1.99. The highest BCUT2D eigenvalue weighted by Gasteiger charge is 2.32. The zero-order valence-corrected chi connectivity index (χ0v) is 13.1. The highest BCUT2D eigenvalue weighted by molar-refractivity contribution is 7.20. The van der Waals surface area contributed by atoms with Gasteiger partial charge in [-0.3, -0.25) is 9.59 Å². The lowest BCUT2D eigenvalue weighted by Crippen LogP contribution is -2.31. The minimum Gasteiger partial charge on any atom is -0.375 e. The molecular weight excluding hydrogens is 302 g/mol. The van der Waals surface area contributed by atoms with Crippen molar-refractivity contribution in [2.75, 3.05) is 26.8 Å². The molecule has 2 aromatic rings. The Morgan fingerprint density at radius 3 is 3.09 bits per heavy atom. The molecule has 1 unspecified atom stereocenters. The van der Waals surface area contributed by atoms with Crippen LogP contribution in [0.2, 0.25) is 0 Å². The number of carbonyl (C=O) groups excluding carboxylic acids is 2. The lowest BCUT2D eigenvalue weighted by molar-refractivity contribution is -0.134. The van der Waals surface area contributed by atoms with Crippen LogP contribution in [0.3, 0.4) is 0 Å². The lowest BCUT2D eigenvalue weighted by atomic mass is 9.95. The number of carbonyl (C=O) groups is 2. The van der Waals surface area contributed by atoms with E-state index in [1.54, 1.807) is 11.1 Å². The highest BCUT2D eigenvalue weighted by atomic mass is 32.1. The molecule has 0 aromatic carbocycles. The molecule has 0 aliphatic carbocycles. The van der Waals surface area contributed by atoms with Gasteiger partial charge in [-0.1, -0.05) is 6.07 Å². The van der Waals surface area contributed by atoms with Crippen LogP contribution in [0.1, 0.15) is 27.6 Å². The average Bonchev–Trinajstić information content (AvgIpc) is 3.11. The fourth-order valence-corrected chi connectivity index (χ4v) is 4.06. The molecule has 1 aliphatic rings. The molecule has 0 bridgehead atoms. The number of methoxy groups -OCH3 is 1. The van der Waals surface area contributed by atoms with Crippen molar-refractivity contribution >= 4 is 33.4 Å². The minimum absolute atomic E-state index is 0.0247. The van der Waals surface area contributed by atoms with E-state index in [0.29, 0.717) is 18.0 Å². The smallest absolute Gasteiger partial charge is 0.259 e. The van der Waals surface area contributed by atoms with Crippen molar-refractivity contribution in [1.29, 1.82) is 0 Å². The van der Waals surface area contributed by atoms with Gasteiger partial charge in [0, 0.05) is 37.7 Å². The number of primary amides is 1. The van der Waals surface area contributed by atoms with E-state index in [0.717, 1.165) is 22.2 Å². The molecule has 3 heterocycles. The first-order valence-corrected chi connectivity index (χ1v) is 7.87. The summed E-state index contributed by atoms with van der Waals surface area (Å²) >= 11 is 1.32. The monoisotopic (exact) mass is 319 g/mol. The zero-order valence-electron chi connectivity index (χ0n) is 12.2. The van der Waals surface area contributed by atoms with Crippen molar-refractivity contribution in [2.24, 2.45) is 5.73 Å². The number of hydrogen-bond acceptors (Lipinski definition) is 5. The molecule has 1 atom stereocenters. The average molecular weight is 319 g/mol. The van der Waals surface area contributed by atoms with Crippen molar-refractivity contribution < 1.29 is 14.3 Å². The number of nitrogens with two attached hydrogens (primary N) is 1. The number of likely N-dealkylation sites (tertiary alicyclic amines) is 1. The SMILES string of the molecule is COCC(=O)N1CCC(c2c(C(N)=O)sc3ncccc23)C1. The third kappa shape index (κ3) is 2.57. The molecule has 22 heavy (non-hydrogen) atoms. The number of fused-ring (bicyclic) bond motifs is 1. The van der Waals surface area contributed by atoms with Crippen molar-refractivity contribution in [1.82, 2.24) is 9.88 Å². The van der Waals surface area contributed by atoms with Gasteiger partial charge >= 0.3 is 0 Å². The standard InChI is InChI=1S/C15H17N3O3S/c1-21-8-11(19)18-6-4-9(7-18)12-10-3-2-5-17-15(10)22-13(12)14(16)20/h2-3,5,9H,4,6-8H2,1H3,(H2,16,20). The van der Waals surface area contributed by atoms with Crippen LogP contribution in [0.25, 0.3) is 10.2 Å². The van der Waals surface area contributed by atoms with Gasteiger partial charge in [0.1, 0.15) is 11.4 Å². The van der Waals surface area contributed by atoms with E-state index >= 15 is 0 Å². The summed E-state index contributed by atoms with van der Waals surface area (Å²) in [4.78, 5) is 31.2. The minimum atomic E-state index is -0.431. The number of amides is 2. The van der Waals surface area contributed by atoms with Crippen LogP contribution in [0.5, 0.6) is 0 Å². The predicted molar refractivity (Wildman–Crippen MR) is 84.0 cm³/mol. The topological polar surface area (TPSA) is 85.5 Å². The first kappa shape index (κ1) is 14.9. The normalized spacial score (nSPS) is 18.0. The summed E-state index contributed by atoms with van der Waals surface area (Å²) in [7, 11) is 1.51. The lowest BCUT2D eigenvalue weighted by Gasteiger charge is -2.16. The number of ether oxygens (including phenoxy) is 1. The molecular formula is C15H17N3O3S. The van der Waals surface area contributed by atoms with Gasteiger partial charge in [0.15, 0.2) is 0 Å². The Labute approximate surface area is 131 Å². The highest BCUT2D eigenvalue weighted by Crippen LogP contribution is 2.39. The third-order valence-electron chi connectivity index (χ3n) is 3.95. The van der Waals surface area contributed by atoms with Crippen LogP contribution in [-0.4, -0.2) is 48.5 Å². The molecule has 0 spiro atoms. The number of nitrogens with zero attached hydrogens (tertiary/aromatic N) is 2. The first-order valence-electron chi connectivity index (χ1n) is 7.05. The Morgan fingerprint density at radius 2 is 2.36 bits per heavy atom. The number of rotatable bonds is 4. The molecule has 1 fully saturated rings. The number of thiophene rings is 1. The number of aromatic nitrogens is 1. The molecule has 6 nitrogen and oxygen atoms in total. The van der Waals surface area contributed by atoms with E-state index in [-0.39, 0.29) is 18.4 Å². The van der Waals surface area contributed by atoms with Crippen molar-refractivity contribution in [3.05, 3.63) is 28.8 Å². The van der Waals surface area contributed by atoms with E-state index < -0.39 is 5.91 Å². The number of hydrogen-bond donors (Lipinski definition) is 1. The van der Waals surface area contributed by atoms with Crippen LogP contribution in [-0.2, 0) is 9.53 Å². The zero-order chi connectivity index (χ0) is 15.7. The number of pyridine rings is 1. The van der Waals surface area contributed by atoms with Crippen LogP contribution < -0.4 is 5.73 Å². The van der Waals surface area contributed by atoms with E-state index in [4.69, 9.17) is 10.5 Å². The van der Waals surface area contributed by atoms with Crippen molar-refractivity contribution in [3.63, 3.8) is 0 Å². The second-order valence-electron chi connectivity index (χ2n) is 5.32. The van der Waals surface area contributed by atoms with Crippen molar-refractivity contribution in [3.8, 4) is 0 Å². The summed E-state index contributed by atoms with van der Waals surface area (Å²) in [6.45, 7) is 1.34. The van der Waals surface area contributed by atoms with Crippen molar-refractivity contribution in [2.45, 2.75) is 12.3 Å². The van der Waals surface area contributed by atoms with Gasteiger partial charge in [0.2, 0.25) is 5.91 Å². The van der Waals surface area contributed by atoms with Crippen LogP contribution in [0.4, 0.5) is 0 Å². The van der Waals surface area contributed by atoms with Crippen LogP contribution in [0.15, 0.2) is 18.3 Å². The summed E-state index contributed by atoms with van der Waals surface area (Å²) in [5.74, 6) is -0.343. The fourth-order valence-electron chi connectivity index (χ4n) is 2.98. The molecule has 2 N–H and O–H groups in total. The van der Waals surface area contributed by atoms with E-state index in [2.05, 4.69) is 4.98 Å². The molecule has 2 aromatic heterocycles. The molecule has 0 saturated carbocycles. The second-order valence-corrected chi connectivity index (χ2v) is 6.32. The van der Waals surface area contributed by atoms with E-state index in [1.807, 2.05) is 12.1 Å². The quantitative estimate of drug-likeness (QED) is 0.922. The Morgan fingerprint density at radius 1 is 1.55 bits per heavy atom. The van der Waals surface area contributed by atoms with Crippen LogP contribution in [0, 0.1) is 0 Å². The molecule has 1 aliphatic heterocycles. The van der Waals surface area contributed by atoms with Gasteiger partial charge in [-0.05, 0) is 18.1 Å². The second kappa shape index (κ2) is 6.02.